The number of hydrogen-bond acceptors (Lipinski definition) is 11. The molecule has 49 heavy (non-hydrogen) atoms. The van der Waals surface area contributed by atoms with Crippen molar-refractivity contribution < 1.29 is 87.9 Å². The summed E-state index contributed by atoms with van der Waals surface area (Å²) in [5.74, 6) is -31.8. The average Bonchev–Trinajstić information content (AvgIpc) is 2.98. The van der Waals surface area contributed by atoms with Crippen LogP contribution in [0.4, 0.5) is 35.1 Å². The number of ether oxygens (including phenoxy) is 5. The maximum atomic E-state index is 14.5. The largest absolute Gasteiger partial charge is 0.464 e. The SMILES string of the molecule is C=C(C)C(=O)OC(C(C)C)C(F)(F)C(=O)OC(C(C)C)C(F)(F)C(=O)OC.COC(=O)C(F)(F)C(OC(=O)C(F)(F)C(O)C(C)C)C(C)C. The molecule has 0 heterocycles. The summed E-state index contributed by atoms with van der Waals surface area (Å²) >= 11 is 0. The van der Waals surface area contributed by atoms with Crippen LogP contribution in [0.15, 0.2) is 12.2 Å². The molecule has 1 N–H and O–H groups in total. The minimum atomic E-state index is -4.45. The monoisotopic (exact) mass is 732 g/mol. The number of halogens is 8. The van der Waals surface area contributed by atoms with Crippen LogP contribution >= 0.6 is 0 Å². The molecule has 0 saturated heterocycles. The van der Waals surface area contributed by atoms with Crippen molar-refractivity contribution in [2.45, 2.75) is 110 Å². The first-order chi connectivity index (χ1) is 21.9. The lowest BCUT2D eigenvalue weighted by atomic mass is 9.98. The lowest BCUT2D eigenvalue weighted by molar-refractivity contribution is -0.226. The van der Waals surface area contributed by atoms with Crippen molar-refractivity contribution in [2.75, 3.05) is 14.2 Å². The molecule has 0 radical (unpaired) electrons. The molecule has 0 aromatic carbocycles. The molecule has 0 saturated carbocycles. The van der Waals surface area contributed by atoms with Crippen LogP contribution in [0.2, 0.25) is 0 Å². The molecule has 0 aliphatic carbocycles. The summed E-state index contributed by atoms with van der Waals surface area (Å²) in [7, 11) is 1.36. The van der Waals surface area contributed by atoms with Crippen molar-refractivity contribution in [1.29, 1.82) is 0 Å². The molecule has 0 aliphatic rings. The molecule has 0 aliphatic heterocycles. The van der Waals surface area contributed by atoms with Gasteiger partial charge in [-0.25, -0.2) is 24.0 Å². The van der Waals surface area contributed by atoms with Crippen LogP contribution in [0, 0.1) is 23.7 Å². The van der Waals surface area contributed by atoms with Gasteiger partial charge in [0.05, 0.1) is 14.2 Å². The summed E-state index contributed by atoms with van der Waals surface area (Å²) in [5.41, 5.74) is -0.193. The number of methoxy groups -OCH3 is 2. The van der Waals surface area contributed by atoms with Crippen molar-refractivity contribution in [2.24, 2.45) is 23.7 Å². The Kier molecular flexibility index (Phi) is 17.9. The molecule has 19 heteroatoms. The van der Waals surface area contributed by atoms with E-state index in [9.17, 15) is 64.2 Å². The zero-order valence-electron chi connectivity index (χ0n) is 28.9. The standard InChI is InChI=1S/C17H24F4O6.C13H20F4O5/c1-8(2)11(26-13(22)10(5)6)17(20,21)15(24)27-12(9(3)4)16(18,19)14(23)25-7;1-6(2)8(18)12(14,15)11(20)22-9(7(3)4)13(16,17)10(19)21-5/h8-9,11-12H,5H2,1-4,6-7H3;6-9,18H,1-5H3. The van der Waals surface area contributed by atoms with E-state index in [4.69, 9.17) is 0 Å². The summed E-state index contributed by atoms with van der Waals surface area (Å²) in [5, 5.41) is 9.30. The fourth-order valence-electron chi connectivity index (χ4n) is 3.65. The van der Waals surface area contributed by atoms with Gasteiger partial charge in [0.25, 0.3) is 0 Å². The zero-order chi connectivity index (χ0) is 39.6. The van der Waals surface area contributed by atoms with Crippen LogP contribution in [0.5, 0.6) is 0 Å². The third-order valence-electron chi connectivity index (χ3n) is 6.40. The maximum Gasteiger partial charge on any atom is 0.381 e. The van der Waals surface area contributed by atoms with Crippen molar-refractivity contribution in [3.63, 3.8) is 0 Å². The molecule has 11 nitrogen and oxygen atoms in total. The van der Waals surface area contributed by atoms with Gasteiger partial charge in [-0.15, -0.1) is 0 Å². The maximum absolute atomic E-state index is 14.5. The third-order valence-corrected chi connectivity index (χ3v) is 6.40. The number of carbonyl (C=O) groups excluding carboxylic acids is 5. The van der Waals surface area contributed by atoms with Gasteiger partial charge in [-0.1, -0.05) is 62.0 Å². The second kappa shape index (κ2) is 18.5. The highest BCUT2D eigenvalue weighted by Crippen LogP contribution is 2.35. The van der Waals surface area contributed by atoms with Crippen molar-refractivity contribution in [3.8, 4) is 0 Å². The average molecular weight is 733 g/mol. The van der Waals surface area contributed by atoms with Crippen molar-refractivity contribution in [1.82, 2.24) is 0 Å². The first-order valence-corrected chi connectivity index (χ1v) is 14.5. The zero-order valence-corrected chi connectivity index (χ0v) is 28.9. The Morgan fingerprint density at radius 3 is 1.02 bits per heavy atom. The van der Waals surface area contributed by atoms with Crippen LogP contribution < -0.4 is 0 Å². The first-order valence-electron chi connectivity index (χ1n) is 14.5. The molecular formula is C30H44F8O11. The number of alkyl halides is 8. The number of esters is 5. The molecule has 0 aromatic heterocycles. The lowest BCUT2D eigenvalue weighted by Gasteiger charge is -2.32. The van der Waals surface area contributed by atoms with Crippen LogP contribution in [0.25, 0.3) is 0 Å². The van der Waals surface area contributed by atoms with E-state index in [-0.39, 0.29) is 5.57 Å². The molecule has 4 atom stereocenters. The Morgan fingerprint density at radius 2 is 0.776 bits per heavy atom. The summed E-state index contributed by atoms with van der Waals surface area (Å²) < 4.78 is 133. The molecule has 0 aromatic rings. The van der Waals surface area contributed by atoms with Gasteiger partial charge in [0.2, 0.25) is 0 Å². The molecule has 0 bridgehead atoms. The van der Waals surface area contributed by atoms with Gasteiger partial charge in [-0.05, 0) is 30.6 Å². The molecule has 0 rings (SSSR count). The van der Waals surface area contributed by atoms with Gasteiger partial charge >= 0.3 is 53.5 Å². The third kappa shape index (κ3) is 12.4. The van der Waals surface area contributed by atoms with E-state index >= 15 is 0 Å². The van der Waals surface area contributed by atoms with Crippen molar-refractivity contribution in [3.05, 3.63) is 12.2 Å². The minimum Gasteiger partial charge on any atom is -0.464 e. The molecular weight excluding hydrogens is 688 g/mol. The highest BCUT2D eigenvalue weighted by atomic mass is 19.3. The smallest absolute Gasteiger partial charge is 0.381 e. The number of hydrogen-bond donors (Lipinski definition) is 1. The van der Waals surface area contributed by atoms with E-state index in [0.29, 0.717) is 14.2 Å². The van der Waals surface area contributed by atoms with E-state index in [1.807, 2.05) is 0 Å². The highest BCUT2D eigenvalue weighted by molar-refractivity contribution is 5.88. The predicted molar refractivity (Wildman–Crippen MR) is 154 cm³/mol. The van der Waals surface area contributed by atoms with E-state index in [2.05, 4.69) is 30.3 Å². The Balaban J connectivity index is 0. The highest BCUT2D eigenvalue weighted by Gasteiger charge is 2.59. The molecule has 286 valence electrons. The van der Waals surface area contributed by atoms with Crippen LogP contribution in [0.1, 0.15) is 62.3 Å². The molecule has 0 fully saturated rings. The summed E-state index contributed by atoms with van der Waals surface area (Å²) in [4.78, 5) is 57.3. The fraction of sp³-hybridized carbons (Fsp3) is 0.767. The second-order valence-electron chi connectivity index (χ2n) is 12.2. The van der Waals surface area contributed by atoms with Gasteiger partial charge in [-0.3, -0.25) is 0 Å². The lowest BCUT2D eigenvalue weighted by Crippen LogP contribution is -2.53. The predicted octanol–water partition coefficient (Wildman–Crippen LogP) is 5.16. The van der Waals surface area contributed by atoms with E-state index in [0.717, 1.165) is 27.7 Å². The minimum absolute atomic E-state index is 0.193. The first kappa shape index (κ1) is 47.6. The number of carbonyl (C=O) groups is 5. The van der Waals surface area contributed by atoms with Gasteiger partial charge in [0, 0.05) is 5.57 Å². The van der Waals surface area contributed by atoms with Crippen LogP contribution in [-0.4, -0.2) is 97.3 Å². The quantitative estimate of drug-likeness (QED) is 0.0971. The Labute approximate surface area is 278 Å². The van der Waals surface area contributed by atoms with Gasteiger partial charge in [0.15, 0.2) is 18.3 Å². The number of rotatable bonds is 16. The van der Waals surface area contributed by atoms with Crippen LogP contribution in [-0.2, 0) is 47.7 Å². The fourth-order valence-corrected chi connectivity index (χ4v) is 3.65. The second-order valence-corrected chi connectivity index (χ2v) is 12.2. The topological polar surface area (TPSA) is 152 Å². The van der Waals surface area contributed by atoms with Gasteiger partial charge in [-0.2, -0.15) is 35.1 Å². The Hall–Kier alpha value is -3.51. The van der Waals surface area contributed by atoms with Gasteiger partial charge < -0.3 is 28.8 Å². The Morgan fingerprint density at radius 1 is 0.510 bits per heavy atom. The van der Waals surface area contributed by atoms with Crippen molar-refractivity contribution >= 4 is 29.8 Å². The normalized spacial score (nSPS) is 15.0. The summed E-state index contributed by atoms with van der Waals surface area (Å²) in [6.45, 7) is 14.0. The van der Waals surface area contributed by atoms with E-state index in [1.54, 1.807) is 0 Å². The van der Waals surface area contributed by atoms with Crippen LogP contribution in [0.3, 0.4) is 0 Å². The van der Waals surface area contributed by atoms with E-state index in [1.165, 1.54) is 34.6 Å². The number of aliphatic hydroxyl groups is 1. The molecule has 0 amide bonds. The molecule has 4 unspecified atom stereocenters. The van der Waals surface area contributed by atoms with E-state index < -0.39 is 102 Å². The summed E-state index contributed by atoms with van der Waals surface area (Å²) in [6, 6.07) is 0. The molecule has 0 spiro atoms. The number of aliphatic hydroxyl groups excluding tert-OH is 1. The summed E-state index contributed by atoms with van der Waals surface area (Å²) in [6.07, 6.45) is -9.64. The Bertz CT molecular complexity index is 1170. The van der Waals surface area contributed by atoms with Gasteiger partial charge in [0.1, 0.15) is 6.10 Å².